The summed E-state index contributed by atoms with van der Waals surface area (Å²) in [4.78, 5) is 11.6. The number of ether oxygens (including phenoxy) is 1. The highest BCUT2D eigenvalue weighted by molar-refractivity contribution is 6.30. The molecule has 1 fully saturated rings. The van der Waals surface area contributed by atoms with Gasteiger partial charge in [-0.15, -0.1) is 0 Å². The van der Waals surface area contributed by atoms with Gasteiger partial charge in [0.25, 0.3) is 0 Å². The molecule has 0 bridgehead atoms. The van der Waals surface area contributed by atoms with Crippen LogP contribution in [0.2, 0.25) is 5.02 Å². The van der Waals surface area contributed by atoms with Crippen molar-refractivity contribution in [3.8, 4) is 0 Å². The molecule has 1 aliphatic heterocycles. The van der Waals surface area contributed by atoms with Crippen molar-refractivity contribution in [1.29, 1.82) is 0 Å². The molecule has 1 unspecified atom stereocenters. The Labute approximate surface area is 131 Å². The zero-order valence-corrected chi connectivity index (χ0v) is 13.0. The van der Waals surface area contributed by atoms with Gasteiger partial charge in [-0.1, -0.05) is 23.7 Å². The molecule has 1 atom stereocenters. The average Bonchev–Trinajstić information content (AvgIpc) is 3.00. The fraction of sp³-hybridized carbons (Fsp3) is 0.562. The molecule has 0 radical (unpaired) electrons. The van der Waals surface area contributed by atoms with Crippen LogP contribution in [0.15, 0.2) is 24.3 Å². The van der Waals surface area contributed by atoms with Crippen molar-refractivity contribution in [3.63, 3.8) is 0 Å². The first-order valence-corrected chi connectivity index (χ1v) is 7.95. The quantitative estimate of drug-likeness (QED) is 0.724. The van der Waals surface area contributed by atoms with Crippen LogP contribution in [-0.4, -0.2) is 38.3 Å². The molecule has 1 aromatic rings. The van der Waals surface area contributed by atoms with E-state index in [2.05, 4.69) is 10.6 Å². The normalized spacial score (nSPS) is 17.9. The molecule has 0 aromatic heterocycles. The van der Waals surface area contributed by atoms with E-state index in [1.54, 1.807) is 0 Å². The van der Waals surface area contributed by atoms with Crippen LogP contribution in [0.3, 0.4) is 0 Å². The number of amides is 1. The Bertz CT molecular complexity index is 430. The summed E-state index contributed by atoms with van der Waals surface area (Å²) in [5.74, 6) is 0.0875. The van der Waals surface area contributed by atoms with Crippen molar-refractivity contribution in [2.75, 3.05) is 26.2 Å². The Morgan fingerprint density at radius 1 is 1.29 bits per heavy atom. The maximum Gasteiger partial charge on any atom is 0.221 e. The van der Waals surface area contributed by atoms with Gasteiger partial charge in [-0.2, -0.15) is 0 Å². The minimum atomic E-state index is 0.0875. The number of hydrogen-bond donors (Lipinski definition) is 2. The van der Waals surface area contributed by atoms with Gasteiger partial charge in [0, 0.05) is 31.1 Å². The summed E-state index contributed by atoms with van der Waals surface area (Å²) in [6.07, 6.45) is 3.82. The van der Waals surface area contributed by atoms with Gasteiger partial charge in [0.05, 0.1) is 6.10 Å². The highest BCUT2D eigenvalue weighted by atomic mass is 35.5. The van der Waals surface area contributed by atoms with E-state index in [-0.39, 0.29) is 12.0 Å². The molecule has 21 heavy (non-hydrogen) atoms. The van der Waals surface area contributed by atoms with E-state index >= 15 is 0 Å². The fourth-order valence-corrected chi connectivity index (χ4v) is 2.46. The molecule has 2 N–H and O–H groups in total. The van der Waals surface area contributed by atoms with E-state index in [4.69, 9.17) is 16.3 Å². The second-order valence-corrected chi connectivity index (χ2v) is 5.75. The second-order valence-electron chi connectivity index (χ2n) is 5.32. The summed E-state index contributed by atoms with van der Waals surface area (Å²) in [6, 6.07) is 7.85. The molecule has 0 saturated carbocycles. The first-order chi connectivity index (χ1) is 10.2. The molecule has 0 spiro atoms. The van der Waals surface area contributed by atoms with Crippen LogP contribution in [0.4, 0.5) is 0 Å². The van der Waals surface area contributed by atoms with Crippen LogP contribution >= 0.6 is 11.6 Å². The van der Waals surface area contributed by atoms with Gasteiger partial charge >= 0.3 is 0 Å². The first-order valence-electron chi connectivity index (χ1n) is 7.57. The fourth-order valence-electron chi connectivity index (χ4n) is 2.33. The SMILES string of the molecule is O=C(CCNCCc1ccc(Cl)cc1)NCC1CCCO1. The first kappa shape index (κ1) is 16.3. The summed E-state index contributed by atoms with van der Waals surface area (Å²) in [6.45, 7) is 3.03. The van der Waals surface area contributed by atoms with E-state index < -0.39 is 0 Å². The highest BCUT2D eigenvalue weighted by Crippen LogP contribution is 2.10. The number of rotatable bonds is 8. The van der Waals surface area contributed by atoms with E-state index in [9.17, 15) is 4.79 Å². The molecule has 1 amide bonds. The third-order valence-corrected chi connectivity index (χ3v) is 3.84. The summed E-state index contributed by atoms with van der Waals surface area (Å²) in [7, 11) is 0. The Kier molecular flexibility index (Phi) is 7.00. The third kappa shape index (κ3) is 6.46. The van der Waals surface area contributed by atoms with Crippen LogP contribution in [0.5, 0.6) is 0 Å². The summed E-state index contributed by atoms with van der Waals surface area (Å²) >= 11 is 5.84. The molecule has 1 aromatic carbocycles. The third-order valence-electron chi connectivity index (χ3n) is 3.58. The topological polar surface area (TPSA) is 50.4 Å². The van der Waals surface area contributed by atoms with Crippen molar-refractivity contribution in [2.45, 2.75) is 31.8 Å². The summed E-state index contributed by atoms with van der Waals surface area (Å²) in [5.41, 5.74) is 1.25. The molecule has 116 valence electrons. The Morgan fingerprint density at radius 2 is 2.10 bits per heavy atom. The molecule has 1 saturated heterocycles. The lowest BCUT2D eigenvalue weighted by molar-refractivity contribution is -0.121. The molecule has 1 heterocycles. The highest BCUT2D eigenvalue weighted by Gasteiger charge is 2.15. The van der Waals surface area contributed by atoms with Crippen LogP contribution in [-0.2, 0) is 16.0 Å². The number of carbonyl (C=O) groups excluding carboxylic acids is 1. The predicted molar refractivity (Wildman–Crippen MR) is 84.6 cm³/mol. The Balaban J connectivity index is 1.48. The number of hydrogen-bond acceptors (Lipinski definition) is 3. The van der Waals surface area contributed by atoms with Gasteiger partial charge in [0.15, 0.2) is 0 Å². The molecular formula is C16H23ClN2O2. The van der Waals surface area contributed by atoms with Gasteiger partial charge in [0.2, 0.25) is 5.91 Å². The standard InChI is InChI=1S/C16H23ClN2O2/c17-14-5-3-13(4-6-14)7-9-18-10-8-16(20)19-12-15-2-1-11-21-15/h3-6,15,18H,1-2,7-12H2,(H,19,20). The lowest BCUT2D eigenvalue weighted by Gasteiger charge is -2.11. The van der Waals surface area contributed by atoms with Crippen LogP contribution in [0, 0.1) is 0 Å². The van der Waals surface area contributed by atoms with Gasteiger partial charge in [-0.25, -0.2) is 0 Å². The molecule has 1 aliphatic rings. The second kappa shape index (κ2) is 9.03. The molecule has 4 nitrogen and oxygen atoms in total. The molecular weight excluding hydrogens is 288 g/mol. The minimum absolute atomic E-state index is 0.0875. The van der Waals surface area contributed by atoms with E-state index in [1.165, 1.54) is 5.56 Å². The maximum absolute atomic E-state index is 11.6. The predicted octanol–water partition coefficient (Wildman–Crippen LogP) is 2.16. The molecule has 5 heteroatoms. The Hall–Kier alpha value is -1.10. The van der Waals surface area contributed by atoms with Crippen molar-refractivity contribution >= 4 is 17.5 Å². The molecule has 0 aliphatic carbocycles. The average molecular weight is 311 g/mol. The smallest absolute Gasteiger partial charge is 0.221 e. The van der Waals surface area contributed by atoms with E-state index in [0.29, 0.717) is 19.5 Å². The summed E-state index contributed by atoms with van der Waals surface area (Å²) < 4.78 is 5.46. The van der Waals surface area contributed by atoms with Crippen LogP contribution in [0.1, 0.15) is 24.8 Å². The van der Waals surface area contributed by atoms with Crippen LogP contribution in [0.25, 0.3) is 0 Å². The van der Waals surface area contributed by atoms with Crippen molar-refractivity contribution in [2.24, 2.45) is 0 Å². The van der Waals surface area contributed by atoms with E-state index in [0.717, 1.165) is 37.4 Å². The molecule has 2 rings (SSSR count). The number of carbonyl (C=O) groups is 1. The van der Waals surface area contributed by atoms with Crippen LogP contribution < -0.4 is 10.6 Å². The number of nitrogens with one attached hydrogen (secondary N) is 2. The Morgan fingerprint density at radius 3 is 2.81 bits per heavy atom. The van der Waals surface area contributed by atoms with E-state index in [1.807, 2.05) is 24.3 Å². The van der Waals surface area contributed by atoms with Crippen molar-refractivity contribution in [3.05, 3.63) is 34.9 Å². The zero-order valence-electron chi connectivity index (χ0n) is 12.2. The van der Waals surface area contributed by atoms with Crippen molar-refractivity contribution < 1.29 is 9.53 Å². The van der Waals surface area contributed by atoms with Gasteiger partial charge in [0.1, 0.15) is 0 Å². The lowest BCUT2D eigenvalue weighted by atomic mass is 10.1. The van der Waals surface area contributed by atoms with Gasteiger partial charge in [-0.3, -0.25) is 4.79 Å². The lowest BCUT2D eigenvalue weighted by Crippen LogP contribution is -2.33. The number of benzene rings is 1. The van der Waals surface area contributed by atoms with Crippen molar-refractivity contribution in [1.82, 2.24) is 10.6 Å². The zero-order chi connectivity index (χ0) is 14.9. The number of halogens is 1. The summed E-state index contributed by atoms with van der Waals surface area (Å²) in [5, 5.41) is 6.96. The monoisotopic (exact) mass is 310 g/mol. The maximum atomic E-state index is 11.6. The largest absolute Gasteiger partial charge is 0.376 e. The van der Waals surface area contributed by atoms with Gasteiger partial charge in [-0.05, 0) is 43.5 Å². The van der Waals surface area contributed by atoms with Gasteiger partial charge < -0.3 is 15.4 Å². The minimum Gasteiger partial charge on any atom is -0.376 e.